The highest BCUT2D eigenvalue weighted by Crippen LogP contribution is 2.17. The quantitative estimate of drug-likeness (QED) is 0.837. The molecule has 2 heterocycles. The third kappa shape index (κ3) is 5.09. The number of carbonyl (C=O) groups is 1. The second-order valence-electron chi connectivity index (χ2n) is 8.06. The van der Waals surface area contributed by atoms with Gasteiger partial charge in [-0.15, -0.1) is 0 Å². The average molecular weight is 398 g/mol. The first-order valence-corrected chi connectivity index (χ1v) is 10.4. The first-order chi connectivity index (χ1) is 14.1. The lowest BCUT2D eigenvalue weighted by Gasteiger charge is -2.32. The molecule has 4 rings (SSSR count). The Morgan fingerprint density at radius 2 is 1.86 bits per heavy atom. The van der Waals surface area contributed by atoms with Crippen LogP contribution in [-0.2, 0) is 30.7 Å². The molecule has 1 saturated heterocycles. The summed E-state index contributed by atoms with van der Waals surface area (Å²) in [6, 6.07) is 8.35. The molecule has 7 heteroatoms. The first-order valence-electron chi connectivity index (χ1n) is 10.4. The highest BCUT2D eigenvalue weighted by atomic mass is 19.1. The van der Waals surface area contributed by atoms with E-state index in [1.54, 1.807) is 6.07 Å². The van der Waals surface area contributed by atoms with Crippen LogP contribution >= 0.6 is 0 Å². The summed E-state index contributed by atoms with van der Waals surface area (Å²) in [5.74, 6) is -0.380. The molecule has 1 fully saturated rings. The summed E-state index contributed by atoms with van der Waals surface area (Å²) in [5.41, 5.74) is 2.88. The molecule has 154 valence electrons. The van der Waals surface area contributed by atoms with E-state index in [1.165, 1.54) is 16.8 Å². The van der Waals surface area contributed by atoms with Crippen LogP contribution in [0, 0.1) is 5.82 Å². The van der Waals surface area contributed by atoms with E-state index in [-0.39, 0.29) is 29.9 Å². The van der Waals surface area contributed by atoms with Gasteiger partial charge in [-0.25, -0.2) is 9.07 Å². The molecule has 0 saturated carbocycles. The highest BCUT2D eigenvalue weighted by Gasteiger charge is 2.21. The molecule has 0 spiro atoms. The zero-order chi connectivity index (χ0) is 20.2. The molecular weight excluding hydrogens is 371 g/mol. The Hall–Kier alpha value is -2.54. The first kappa shape index (κ1) is 19.8. The molecule has 29 heavy (non-hydrogen) atoms. The second-order valence-corrected chi connectivity index (χ2v) is 8.06. The van der Waals surface area contributed by atoms with Gasteiger partial charge in [-0.2, -0.15) is 5.10 Å². The minimum Gasteiger partial charge on any atom is -0.352 e. The van der Waals surface area contributed by atoms with Gasteiger partial charge in [0.05, 0.1) is 5.69 Å². The SMILES string of the molecule is O=C(Cn1nc2c(cc1=O)CCCC2)NC1CCN(Cc2ccc(F)cc2)CC1. The molecule has 0 unspecified atom stereocenters. The number of rotatable bonds is 5. The van der Waals surface area contributed by atoms with Crippen LogP contribution in [0.5, 0.6) is 0 Å². The Bertz CT molecular complexity index is 917. The Morgan fingerprint density at radius 1 is 1.14 bits per heavy atom. The number of fused-ring (bicyclic) bond motifs is 1. The lowest BCUT2D eigenvalue weighted by molar-refractivity contribution is -0.123. The van der Waals surface area contributed by atoms with E-state index in [2.05, 4.69) is 15.3 Å². The highest BCUT2D eigenvalue weighted by molar-refractivity contribution is 5.75. The Labute approximate surface area is 169 Å². The summed E-state index contributed by atoms with van der Waals surface area (Å²) in [6.07, 6.45) is 5.68. The zero-order valence-corrected chi connectivity index (χ0v) is 16.6. The van der Waals surface area contributed by atoms with Crippen molar-refractivity contribution >= 4 is 5.91 Å². The van der Waals surface area contributed by atoms with Gasteiger partial charge in [0, 0.05) is 31.7 Å². The van der Waals surface area contributed by atoms with E-state index in [0.717, 1.165) is 75.0 Å². The number of aromatic nitrogens is 2. The number of nitrogens with one attached hydrogen (secondary N) is 1. The lowest BCUT2D eigenvalue weighted by Crippen LogP contribution is -2.46. The predicted molar refractivity (Wildman–Crippen MR) is 108 cm³/mol. The number of likely N-dealkylation sites (tertiary alicyclic amines) is 1. The Morgan fingerprint density at radius 3 is 2.62 bits per heavy atom. The second kappa shape index (κ2) is 8.86. The van der Waals surface area contributed by atoms with Crippen LogP contribution in [0.15, 0.2) is 35.1 Å². The van der Waals surface area contributed by atoms with Crippen LogP contribution < -0.4 is 10.9 Å². The van der Waals surface area contributed by atoms with Crippen molar-refractivity contribution in [2.45, 2.75) is 57.7 Å². The van der Waals surface area contributed by atoms with Crippen molar-refractivity contribution in [2.75, 3.05) is 13.1 Å². The smallest absolute Gasteiger partial charge is 0.267 e. The van der Waals surface area contributed by atoms with E-state index in [4.69, 9.17) is 0 Å². The molecule has 1 amide bonds. The van der Waals surface area contributed by atoms with Crippen LogP contribution in [0.25, 0.3) is 0 Å². The number of carbonyl (C=O) groups excluding carboxylic acids is 1. The standard InChI is InChI=1S/C22H27FN4O2/c23-18-7-5-16(6-8-18)14-26-11-9-19(10-12-26)24-21(28)15-27-22(29)13-17-3-1-2-4-20(17)25-27/h5-8,13,19H,1-4,9-12,14-15H2,(H,24,28). The van der Waals surface area contributed by atoms with E-state index in [1.807, 2.05) is 12.1 Å². The largest absolute Gasteiger partial charge is 0.352 e. The molecule has 2 aromatic rings. The molecule has 1 aromatic carbocycles. The topological polar surface area (TPSA) is 67.2 Å². The number of halogens is 1. The number of amides is 1. The monoisotopic (exact) mass is 398 g/mol. The Balaban J connectivity index is 1.27. The van der Waals surface area contributed by atoms with Crippen molar-refractivity contribution in [3.8, 4) is 0 Å². The number of nitrogens with zero attached hydrogens (tertiary/aromatic N) is 3. The van der Waals surface area contributed by atoms with Crippen LogP contribution in [0.1, 0.15) is 42.5 Å². The van der Waals surface area contributed by atoms with E-state index in [9.17, 15) is 14.0 Å². The normalized spacial score (nSPS) is 17.7. The van der Waals surface area contributed by atoms with Gasteiger partial charge in [-0.1, -0.05) is 12.1 Å². The number of aryl methyl sites for hydroxylation is 2. The minimum absolute atomic E-state index is 0.0259. The molecule has 0 radical (unpaired) electrons. The number of hydrogen-bond donors (Lipinski definition) is 1. The third-order valence-corrected chi connectivity index (χ3v) is 5.84. The maximum absolute atomic E-state index is 13.0. The fourth-order valence-electron chi connectivity index (χ4n) is 4.21. The maximum Gasteiger partial charge on any atom is 0.267 e. The number of piperidine rings is 1. The van der Waals surface area contributed by atoms with Crippen molar-refractivity contribution in [1.29, 1.82) is 0 Å². The van der Waals surface area contributed by atoms with Gasteiger partial charge >= 0.3 is 0 Å². The van der Waals surface area contributed by atoms with E-state index < -0.39 is 0 Å². The zero-order valence-electron chi connectivity index (χ0n) is 16.6. The summed E-state index contributed by atoms with van der Waals surface area (Å²) >= 11 is 0. The van der Waals surface area contributed by atoms with Crippen molar-refractivity contribution in [2.24, 2.45) is 0 Å². The van der Waals surface area contributed by atoms with Crippen LogP contribution in [-0.4, -0.2) is 39.7 Å². The van der Waals surface area contributed by atoms with Crippen LogP contribution in [0.3, 0.4) is 0 Å². The van der Waals surface area contributed by atoms with Gasteiger partial charge in [-0.05, 0) is 61.8 Å². The van der Waals surface area contributed by atoms with Crippen LogP contribution in [0.2, 0.25) is 0 Å². The van der Waals surface area contributed by atoms with Crippen molar-refractivity contribution in [3.05, 3.63) is 63.3 Å². The minimum atomic E-state index is -0.220. The van der Waals surface area contributed by atoms with E-state index in [0.29, 0.717) is 0 Å². The molecule has 2 aliphatic rings. The van der Waals surface area contributed by atoms with Gasteiger partial charge in [0.1, 0.15) is 12.4 Å². The van der Waals surface area contributed by atoms with E-state index >= 15 is 0 Å². The van der Waals surface area contributed by atoms with Crippen molar-refractivity contribution in [1.82, 2.24) is 20.0 Å². The van der Waals surface area contributed by atoms with Gasteiger partial charge in [0.2, 0.25) is 5.91 Å². The molecule has 1 N–H and O–H groups in total. The summed E-state index contributed by atoms with van der Waals surface area (Å²) in [7, 11) is 0. The predicted octanol–water partition coefficient (Wildman–Crippen LogP) is 2.04. The Kier molecular flexibility index (Phi) is 6.04. The fourth-order valence-corrected chi connectivity index (χ4v) is 4.21. The number of benzene rings is 1. The maximum atomic E-state index is 13.0. The lowest BCUT2D eigenvalue weighted by atomic mass is 9.97. The van der Waals surface area contributed by atoms with Gasteiger partial charge < -0.3 is 5.32 Å². The fraction of sp³-hybridized carbons (Fsp3) is 0.500. The van der Waals surface area contributed by atoms with Gasteiger partial charge in [0.25, 0.3) is 5.56 Å². The molecule has 0 atom stereocenters. The summed E-state index contributed by atoms with van der Waals surface area (Å²) < 4.78 is 14.3. The molecule has 1 aliphatic carbocycles. The van der Waals surface area contributed by atoms with Crippen molar-refractivity contribution < 1.29 is 9.18 Å². The summed E-state index contributed by atoms with van der Waals surface area (Å²) in [4.78, 5) is 27.0. The van der Waals surface area contributed by atoms with Gasteiger partial charge in [-0.3, -0.25) is 14.5 Å². The molecule has 1 aromatic heterocycles. The van der Waals surface area contributed by atoms with Gasteiger partial charge in [0.15, 0.2) is 0 Å². The summed E-state index contributed by atoms with van der Waals surface area (Å²) in [6.45, 7) is 2.51. The average Bonchev–Trinajstić information content (AvgIpc) is 2.72. The third-order valence-electron chi connectivity index (χ3n) is 5.84. The van der Waals surface area contributed by atoms with Crippen LogP contribution in [0.4, 0.5) is 4.39 Å². The summed E-state index contributed by atoms with van der Waals surface area (Å²) in [5, 5.41) is 7.47. The molecule has 0 bridgehead atoms. The number of hydrogen-bond acceptors (Lipinski definition) is 4. The molecular formula is C22H27FN4O2. The molecule has 1 aliphatic heterocycles. The molecule has 6 nitrogen and oxygen atoms in total. The van der Waals surface area contributed by atoms with Crippen molar-refractivity contribution in [3.63, 3.8) is 0 Å².